The Kier molecular flexibility index (Phi) is 9.67. The third-order valence-corrected chi connectivity index (χ3v) is 5.60. The number of hydrogen-bond acceptors (Lipinski definition) is 5. The zero-order chi connectivity index (χ0) is 18.6. The molecule has 2 aliphatic rings. The third-order valence-electron chi connectivity index (χ3n) is 5.60. The number of likely N-dealkylation sites (tertiary alicyclic amines) is 1. The molecule has 1 unspecified atom stereocenters. The molecule has 0 bridgehead atoms. The lowest BCUT2D eigenvalue weighted by molar-refractivity contribution is -0.139. The second-order valence-corrected chi connectivity index (χ2v) is 7.53. The van der Waals surface area contributed by atoms with Crippen molar-refractivity contribution in [3.63, 3.8) is 0 Å². The molecule has 3 rings (SSSR count). The summed E-state index contributed by atoms with van der Waals surface area (Å²) < 4.78 is 10.7. The van der Waals surface area contributed by atoms with Crippen LogP contribution in [0.5, 0.6) is 11.5 Å². The van der Waals surface area contributed by atoms with Crippen molar-refractivity contribution < 1.29 is 14.3 Å². The standard InChI is InChI=1S/C20H31N3O3.2ClH/c1-20(8-4-5-9-21-20)19(24)23-10-6-15(7-11-23)22-16-12-17(25-2)14-18(13-16)26-3;;/h12-15,21-22H,4-11H2,1-3H3;2*1H. The van der Waals surface area contributed by atoms with E-state index in [0.717, 1.165) is 62.5 Å². The molecule has 0 radical (unpaired) electrons. The molecule has 160 valence electrons. The predicted molar refractivity (Wildman–Crippen MR) is 118 cm³/mol. The molecule has 28 heavy (non-hydrogen) atoms. The number of rotatable bonds is 5. The minimum Gasteiger partial charge on any atom is -0.497 e. The minimum atomic E-state index is -0.376. The van der Waals surface area contributed by atoms with Crippen LogP contribution in [0, 0.1) is 0 Å². The summed E-state index contributed by atoms with van der Waals surface area (Å²) in [5.41, 5.74) is 0.616. The zero-order valence-electron chi connectivity index (χ0n) is 17.0. The van der Waals surface area contributed by atoms with E-state index in [1.807, 2.05) is 23.1 Å². The molecule has 1 aromatic rings. The Morgan fingerprint density at radius 2 is 1.71 bits per heavy atom. The maximum absolute atomic E-state index is 12.9. The molecule has 2 N–H and O–H groups in total. The fraction of sp³-hybridized carbons (Fsp3) is 0.650. The summed E-state index contributed by atoms with van der Waals surface area (Å²) >= 11 is 0. The Bertz CT molecular complexity index is 609. The number of methoxy groups -OCH3 is 2. The van der Waals surface area contributed by atoms with Crippen molar-refractivity contribution in [3.05, 3.63) is 18.2 Å². The number of carbonyl (C=O) groups is 1. The highest BCUT2D eigenvalue weighted by molar-refractivity contribution is 5.86. The van der Waals surface area contributed by atoms with Crippen LogP contribution < -0.4 is 20.1 Å². The number of nitrogens with zero attached hydrogens (tertiary/aromatic N) is 1. The van der Waals surface area contributed by atoms with Gasteiger partial charge in [0.2, 0.25) is 5.91 Å². The van der Waals surface area contributed by atoms with Gasteiger partial charge in [-0.3, -0.25) is 4.79 Å². The van der Waals surface area contributed by atoms with Gasteiger partial charge >= 0.3 is 0 Å². The molecule has 2 saturated heterocycles. The molecule has 0 aliphatic carbocycles. The SMILES string of the molecule is COc1cc(NC2CCN(C(=O)C3(C)CCCCN3)CC2)cc(OC)c1.Cl.Cl. The largest absolute Gasteiger partial charge is 0.497 e. The highest BCUT2D eigenvalue weighted by Gasteiger charge is 2.38. The summed E-state index contributed by atoms with van der Waals surface area (Å²) in [6, 6.07) is 6.17. The van der Waals surface area contributed by atoms with Crippen LogP contribution in [0.1, 0.15) is 39.0 Å². The van der Waals surface area contributed by atoms with Crippen molar-refractivity contribution in [2.24, 2.45) is 0 Å². The van der Waals surface area contributed by atoms with Crippen LogP contribution in [0.15, 0.2) is 18.2 Å². The second kappa shape index (κ2) is 11.0. The van der Waals surface area contributed by atoms with Gasteiger partial charge in [0.1, 0.15) is 11.5 Å². The summed E-state index contributed by atoms with van der Waals surface area (Å²) in [4.78, 5) is 14.9. The lowest BCUT2D eigenvalue weighted by atomic mass is 9.88. The number of halogens is 2. The molecule has 0 aromatic heterocycles. The van der Waals surface area contributed by atoms with Crippen LogP contribution in [0.4, 0.5) is 5.69 Å². The number of carbonyl (C=O) groups excluding carboxylic acids is 1. The van der Waals surface area contributed by atoms with Gasteiger partial charge in [0.05, 0.1) is 19.8 Å². The van der Waals surface area contributed by atoms with Crippen LogP contribution >= 0.6 is 24.8 Å². The third kappa shape index (κ3) is 5.82. The molecular formula is C20H33Cl2N3O3. The summed E-state index contributed by atoms with van der Waals surface area (Å²) in [5.74, 6) is 1.81. The Balaban J connectivity index is 0.00000196. The van der Waals surface area contributed by atoms with E-state index in [9.17, 15) is 4.79 Å². The Labute approximate surface area is 180 Å². The molecule has 2 heterocycles. The van der Waals surface area contributed by atoms with Crippen molar-refractivity contribution in [1.29, 1.82) is 0 Å². The van der Waals surface area contributed by atoms with Crippen LogP contribution in [0.2, 0.25) is 0 Å². The van der Waals surface area contributed by atoms with E-state index >= 15 is 0 Å². The molecule has 8 heteroatoms. The molecule has 6 nitrogen and oxygen atoms in total. The average molecular weight is 434 g/mol. The molecule has 2 aliphatic heterocycles. The van der Waals surface area contributed by atoms with E-state index in [1.165, 1.54) is 6.42 Å². The van der Waals surface area contributed by atoms with Gasteiger partial charge in [-0.1, -0.05) is 0 Å². The first-order valence-corrected chi connectivity index (χ1v) is 9.58. The highest BCUT2D eigenvalue weighted by Crippen LogP contribution is 2.28. The smallest absolute Gasteiger partial charge is 0.242 e. The molecule has 1 aromatic carbocycles. The molecular weight excluding hydrogens is 401 g/mol. The summed E-state index contributed by atoms with van der Waals surface area (Å²) in [7, 11) is 3.31. The van der Waals surface area contributed by atoms with Crippen molar-refractivity contribution in [2.45, 2.75) is 50.6 Å². The van der Waals surface area contributed by atoms with Gasteiger partial charge in [0, 0.05) is 43.0 Å². The lowest BCUT2D eigenvalue weighted by Gasteiger charge is -2.41. The first-order valence-electron chi connectivity index (χ1n) is 9.58. The summed E-state index contributed by atoms with van der Waals surface area (Å²) in [5, 5.41) is 7.00. The van der Waals surface area contributed by atoms with Crippen molar-refractivity contribution >= 4 is 36.4 Å². The number of benzene rings is 1. The predicted octanol–water partition coefficient (Wildman–Crippen LogP) is 3.48. The minimum absolute atomic E-state index is 0. The molecule has 0 spiro atoms. The van der Waals surface area contributed by atoms with Crippen LogP contribution in [0.3, 0.4) is 0 Å². The normalized spacial score (nSPS) is 22.5. The van der Waals surface area contributed by atoms with Gasteiger partial charge in [-0.25, -0.2) is 0 Å². The molecule has 2 fully saturated rings. The van der Waals surface area contributed by atoms with Crippen molar-refractivity contribution in [2.75, 3.05) is 39.2 Å². The Morgan fingerprint density at radius 3 is 2.21 bits per heavy atom. The van der Waals surface area contributed by atoms with Gasteiger partial charge in [0.15, 0.2) is 0 Å². The maximum Gasteiger partial charge on any atom is 0.242 e. The van der Waals surface area contributed by atoms with E-state index in [-0.39, 0.29) is 36.3 Å². The van der Waals surface area contributed by atoms with Crippen molar-refractivity contribution in [3.8, 4) is 11.5 Å². The number of ether oxygens (including phenoxy) is 2. The van der Waals surface area contributed by atoms with E-state index in [2.05, 4.69) is 17.6 Å². The number of nitrogens with one attached hydrogen (secondary N) is 2. The van der Waals surface area contributed by atoms with Crippen LogP contribution in [0.25, 0.3) is 0 Å². The monoisotopic (exact) mass is 433 g/mol. The molecule has 0 saturated carbocycles. The Hall–Kier alpha value is -1.37. The van der Waals surface area contributed by atoms with E-state index in [1.54, 1.807) is 14.2 Å². The molecule has 1 atom stereocenters. The second-order valence-electron chi connectivity index (χ2n) is 7.53. The highest BCUT2D eigenvalue weighted by atomic mass is 35.5. The number of amides is 1. The van der Waals surface area contributed by atoms with E-state index in [4.69, 9.17) is 9.47 Å². The zero-order valence-corrected chi connectivity index (χ0v) is 18.6. The number of hydrogen-bond donors (Lipinski definition) is 2. The topological polar surface area (TPSA) is 62.8 Å². The van der Waals surface area contributed by atoms with Crippen LogP contribution in [-0.4, -0.2) is 56.2 Å². The van der Waals surface area contributed by atoms with Gasteiger partial charge in [0.25, 0.3) is 0 Å². The molecule has 1 amide bonds. The average Bonchev–Trinajstić information content (AvgIpc) is 2.68. The summed E-state index contributed by atoms with van der Waals surface area (Å²) in [6.07, 6.45) is 5.13. The first-order chi connectivity index (χ1) is 12.5. The quantitative estimate of drug-likeness (QED) is 0.743. The Morgan fingerprint density at radius 1 is 1.11 bits per heavy atom. The van der Waals surface area contributed by atoms with Gasteiger partial charge in [-0.2, -0.15) is 0 Å². The summed E-state index contributed by atoms with van der Waals surface area (Å²) in [6.45, 7) is 4.60. The lowest BCUT2D eigenvalue weighted by Crippen LogP contribution is -2.59. The van der Waals surface area contributed by atoms with E-state index < -0.39 is 0 Å². The fourth-order valence-electron chi connectivity index (χ4n) is 3.94. The van der Waals surface area contributed by atoms with Gasteiger partial charge in [-0.15, -0.1) is 24.8 Å². The fourth-order valence-corrected chi connectivity index (χ4v) is 3.94. The van der Waals surface area contributed by atoms with E-state index in [0.29, 0.717) is 6.04 Å². The maximum atomic E-state index is 12.9. The number of piperidine rings is 2. The van der Waals surface area contributed by atoms with Crippen molar-refractivity contribution in [1.82, 2.24) is 10.2 Å². The van der Waals surface area contributed by atoms with Gasteiger partial charge in [-0.05, 0) is 45.6 Å². The number of anilines is 1. The first kappa shape index (κ1) is 24.7. The van der Waals surface area contributed by atoms with Gasteiger partial charge < -0.3 is 25.0 Å². The van der Waals surface area contributed by atoms with Crippen LogP contribution in [-0.2, 0) is 4.79 Å².